The summed E-state index contributed by atoms with van der Waals surface area (Å²) >= 11 is 3.59. The van der Waals surface area contributed by atoms with Gasteiger partial charge in [-0.2, -0.15) is 0 Å². The summed E-state index contributed by atoms with van der Waals surface area (Å²) in [4.78, 5) is 0. The van der Waals surface area contributed by atoms with Crippen LogP contribution in [-0.4, -0.2) is 4.57 Å². The van der Waals surface area contributed by atoms with E-state index in [0.29, 0.717) is 0 Å². The number of hydrogen-bond acceptors (Lipinski definition) is 1. The van der Waals surface area contributed by atoms with Crippen molar-refractivity contribution in [2.24, 2.45) is 7.05 Å². The molecule has 2 aromatic carbocycles. The summed E-state index contributed by atoms with van der Waals surface area (Å²) in [7, 11) is 2.09. The van der Waals surface area contributed by atoms with Gasteiger partial charge in [0.2, 0.25) is 0 Å². The highest BCUT2D eigenvalue weighted by Crippen LogP contribution is 2.26. The lowest BCUT2D eigenvalue weighted by molar-refractivity contribution is 0.955. The Hall–Kier alpha value is -1.74. The lowest BCUT2D eigenvalue weighted by Gasteiger charge is -2.09. The number of hydrogen-bond donors (Lipinski definition) is 1. The molecule has 0 atom stereocenters. The number of benzene rings is 2. The topological polar surface area (TPSA) is 17.0 Å². The van der Waals surface area contributed by atoms with Crippen LogP contribution < -0.4 is 5.32 Å². The average molecular weight is 329 g/mol. The van der Waals surface area contributed by atoms with Crippen LogP contribution in [0.2, 0.25) is 0 Å². The van der Waals surface area contributed by atoms with Gasteiger partial charge in [-0.3, -0.25) is 0 Å². The van der Waals surface area contributed by atoms with E-state index in [2.05, 4.69) is 88.4 Å². The van der Waals surface area contributed by atoms with Crippen molar-refractivity contribution in [1.82, 2.24) is 4.57 Å². The molecule has 0 unspecified atom stereocenters. The molecule has 3 rings (SSSR count). The Labute approximate surface area is 127 Å². The van der Waals surface area contributed by atoms with Crippen LogP contribution in [-0.2, 0) is 13.6 Å². The maximum atomic E-state index is 3.59. The van der Waals surface area contributed by atoms with Crippen molar-refractivity contribution in [1.29, 1.82) is 0 Å². The van der Waals surface area contributed by atoms with Crippen molar-refractivity contribution in [2.75, 3.05) is 5.32 Å². The van der Waals surface area contributed by atoms with Crippen molar-refractivity contribution in [2.45, 2.75) is 13.5 Å². The van der Waals surface area contributed by atoms with Gasteiger partial charge < -0.3 is 9.88 Å². The molecule has 0 fully saturated rings. The van der Waals surface area contributed by atoms with Gasteiger partial charge in [0, 0.05) is 40.9 Å². The van der Waals surface area contributed by atoms with E-state index in [4.69, 9.17) is 0 Å². The fraction of sp³-hybridized carbons (Fsp3) is 0.176. The van der Waals surface area contributed by atoms with Crippen LogP contribution in [0.3, 0.4) is 0 Å². The molecule has 20 heavy (non-hydrogen) atoms. The van der Waals surface area contributed by atoms with E-state index in [9.17, 15) is 0 Å². The Kier molecular flexibility index (Phi) is 3.53. The molecule has 0 amide bonds. The van der Waals surface area contributed by atoms with Crippen LogP contribution >= 0.6 is 15.9 Å². The van der Waals surface area contributed by atoms with Crippen molar-refractivity contribution >= 4 is 32.5 Å². The molecular formula is C17H17BrN2. The van der Waals surface area contributed by atoms with E-state index in [-0.39, 0.29) is 0 Å². The predicted octanol–water partition coefficient (Wildman–Crippen LogP) is 4.86. The van der Waals surface area contributed by atoms with E-state index in [0.717, 1.165) is 16.7 Å². The van der Waals surface area contributed by atoms with Crippen LogP contribution in [0.1, 0.15) is 11.1 Å². The van der Waals surface area contributed by atoms with Gasteiger partial charge in [0.05, 0.1) is 0 Å². The Morgan fingerprint density at radius 2 is 1.95 bits per heavy atom. The van der Waals surface area contributed by atoms with Gasteiger partial charge in [0.15, 0.2) is 0 Å². The van der Waals surface area contributed by atoms with E-state index in [1.807, 2.05) is 0 Å². The Bertz CT molecular complexity index is 759. The third-order valence-electron chi connectivity index (χ3n) is 3.57. The van der Waals surface area contributed by atoms with Gasteiger partial charge in [0.25, 0.3) is 0 Å². The molecule has 0 radical (unpaired) electrons. The average Bonchev–Trinajstić information content (AvgIpc) is 2.77. The molecule has 0 aliphatic rings. The second kappa shape index (κ2) is 5.33. The summed E-state index contributed by atoms with van der Waals surface area (Å²) in [6, 6.07) is 14.9. The van der Waals surface area contributed by atoms with Crippen molar-refractivity contribution in [3.63, 3.8) is 0 Å². The number of aryl methyl sites for hydroxylation is 2. The van der Waals surface area contributed by atoms with Crippen LogP contribution in [0.15, 0.2) is 53.1 Å². The first kappa shape index (κ1) is 13.3. The summed E-state index contributed by atoms with van der Waals surface area (Å²) in [6.45, 7) is 2.93. The van der Waals surface area contributed by atoms with Crippen LogP contribution in [0.5, 0.6) is 0 Å². The first-order valence-corrected chi connectivity index (χ1v) is 7.47. The van der Waals surface area contributed by atoms with Gasteiger partial charge in [0.1, 0.15) is 0 Å². The Morgan fingerprint density at radius 1 is 1.15 bits per heavy atom. The first-order valence-electron chi connectivity index (χ1n) is 6.68. The fourth-order valence-electron chi connectivity index (χ4n) is 2.53. The molecular weight excluding hydrogens is 312 g/mol. The number of para-hydroxylation sites is 1. The molecule has 0 aliphatic carbocycles. The predicted molar refractivity (Wildman–Crippen MR) is 89.1 cm³/mol. The number of nitrogens with zero attached hydrogens (tertiary/aromatic N) is 1. The van der Waals surface area contributed by atoms with Crippen molar-refractivity contribution < 1.29 is 0 Å². The SMILES string of the molecule is Cc1ccc(Br)c(NCc2cn(C)c3ccccc23)c1. The summed E-state index contributed by atoms with van der Waals surface area (Å²) in [5.74, 6) is 0. The molecule has 0 saturated heterocycles. The number of halogens is 1. The number of aromatic nitrogens is 1. The largest absolute Gasteiger partial charge is 0.380 e. The van der Waals surface area contributed by atoms with E-state index >= 15 is 0 Å². The zero-order valence-electron chi connectivity index (χ0n) is 11.7. The number of rotatable bonds is 3. The van der Waals surface area contributed by atoms with Crippen molar-refractivity contribution in [3.8, 4) is 0 Å². The number of fused-ring (bicyclic) bond motifs is 1. The molecule has 102 valence electrons. The third kappa shape index (κ3) is 2.46. The minimum absolute atomic E-state index is 0.823. The smallest absolute Gasteiger partial charge is 0.0489 e. The molecule has 0 spiro atoms. The van der Waals surface area contributed by atoms with Gasteiger partial charge in [-0.25, -0.2) is 0 Å². The van der Waals surface area contributed by atoms with E-state index in [1.54, 1.807) is 0 Å². The highest BCUT2D eigenvalue weighted by atomic mass is 79.9. The minimum atomic E-state index is 0.823. The molecule has 1 N–H and O–H groups in total. The molecule has 1 aromatic heterocycles. The Morgan fingerprint density at radius 3 is 2.80 bits per heavy atom. The molecule has 0 aliphatic heterocycles. The van der Waals surface area contributed by atoms with Gasteiger partial charge in [-0.1, -0.05) is 24.3 Å². The molecule has 0 bridgehead atoms. The third-order valence-corrected chi connectivity index (χ3v) is 4.26. The highest BCUT2D eigenvalue weighted by Gasteiger charge is 2.06. The first-order chi connectivity index (χ1) is 9.65. The summed E-state index contributed by atoms with van der Waals surface area (Å²) in [6.07, 6.45) is 2.20. The molecule has 2 nitrogen and oxygen atoms in total. The molecule has 0 saturated carbocycles. The zero-order valence-corrected chi connectivity index (χ0v) is 13.2. The van der Waals surface area contributed by atoms with E-state index in [1.165, 1.54) is 22.0 Å². The van der Waals surface area contributed by atoms with Gasteiger partial charge in [-0.05, 0) is 52.2 Å². The quantitative estimate of drug-likeness (QED) is 0.726. The summed E-state index contributed by atoms with van der Waals surface area (Å²) in [5, 5.41) is 4.83. The fourth-order valence-corrected chi connectivity index (χ4v) is 2.92. The lowest BCUT2D eigenvalue weighted by Crippen LogP contribution is -1.99. The maximum Gasteiger partial charge on any atom is 0.0489 e. The van der Waals surface area contributed by atoms with Gasteiger partial charge >= 0.3 is 0 Å². The van der Waals surface area contributed by atoms with Gasteiger partial charge in [-0.15, -0.1) is 0 Å². The minimum Gasteiger partial charge on any atom is -0.380 e. The number of nitrogens with one attached hydrogen (secondary N) is 1. The standard InChI is InChI=1S/C17H17BrN2/c1-12-7-8-15(18)16(9-12)19-10-13-11-20(2)17-6-4-3-5-14(13)17/h3-9,11,19H,10H2,1-2H3. The lowest BCUT2D eigenvalue weighted by atomic mass is 10.1. The normalized spacial score (nSPS) is 10.9. The molecule has 3 aromatic rings. The summed E-state index contributed by atoms with van der Waals surface area (Å²) < 4.78 is 3.28. The molecule has 3 heteroatoms. The zero-order chi connectivity index (χ0) is 14.1. The molecule has 1 heterocycles. The second-order valence-corrected chi connectivity index (χ2v) is 5.97. The maximum absolute atomic E-state index is 3.59. The van der Waals surface area contributed by atoms with Crippen molar-refractivity contribution in [3.05, 3.63) is 64.3 Å². The highest BCUT2D eigenvalue weighted by molar-refractivity contribution is 9.10. The number of anilines is 1. The van der Waals surface area contributed by atoms with Crippen LogP contribution in [0.4, 0.5) is 5.69 Å². The monoisotopic (exact) mass is 328 g/mol. The Balaban J connectivity index is 1.89. The van der Waals surface area contributed by atoms with Crippen LogP contribution in [0.25, 0.3) is 10.9 Å². The van der Waals surface area contributed by atoms with E-state index < -0.39 is 0 Å². The van der Waals surface area contributed by atoms with Crippen LogP contribution in [0, 0.1) is 6.92 Å². The summed E-state index contributed by atoms with van der Waals surface area (Å²) in [5.41, 5.74) is 4.98. The second-order valence-electron chi connectivity index (χ2n) is 5.12.